The Hall–Kier alpha value is 0.0700. The van der Waals surface area contributed by atoms with Crippen molar-refractivity contribution in [1.82, 2.24) is 10.3 Å². The molecule has 0 atom stereocenters. The average molecular weight is 308 g/mol. The monoisotopic (exact) mass is 306 g/mol. The molecule has 1 aromatic rings. The van der Waals surface area contributed by atoms with E-state index in [1.54, 1.807) is 0 Å². The summed E-state index contributed by atoms with van der Waals surface area (Å²) in [6.07, 6.45) is 2.96. The van der Waals surface area contributed by atoms with Crippen LogP contribution in [-0.2, 0) is 6.54 Å². The van der Waals surface area contributed by atoms with Crippen LogP contribution in [0.15, 0.2) is 21.2 Å². The quantitative estimate of drug-likeness (QED) is 0.865. The Labute approximate surface area is 95.4 Å². The normalized spacial score (nSPS) is 10.4. The zero-order chi connectivity index (χ0) is 9.68. The first-order valence-electron chi connectivity index (χ1n) is 4.24. The third kappa shape index (κ3) is 3.75. The van der Waals surface area contributed by atoms with E-state index in [9.17, 15) is 0 Å². The third-order valence-electron chi connectivity index (χ3n) is 1.60. The van der Waals surface area contributed by atoms with Crippen LogP contribution in [0.25, 0.3) is 0 Å². The Morgan fingerprint density at radius 1 is 1.46 bits per heavy atom. The zero-order valence-corrected chi connectivity index (χ0v) is 10.7. The molecule has 0 radical (unpaired) electrons. The number of hydrogen-bond acceptors (Lipinski definition) is 2. The van der Waals surface area contributed by atoms with Crippen LogP contribution < -0.4 is 5.32 Å². The molecule has 0 amide bonds. The summed E-state index contributed by atoms with van der Waals surface area (Å²) in [5.74, 6) is 0. The highest BCUT2D eigenvalue weighted by atomic mass is 79.9. The number of aromatic nitrogens is 1. The third-order valence-corrected chi connectivity index (χ3v) is 2.72. The number of rotatable bonds is 4. The van der Waals surface area contributed by atoms with E-state index in [1.807, 2.05) is 12.3 Å². The lowest BCUT2D eigenvalue weighted by Gasteiger charge is -2.04. The van der Waals surface area contributed by atoms with E-state index in [1.165, 1.54) is 0 Å². The van der Waals surface area contributed by atoms with E-state index in [4.69, 9.17) is 0 Å². The van der Waals surface area contributed by atoms with Crippen molar-refractivity contribution in [2.24, 2.45) is 0 Å². The van der Waals surface area contributed by atoms with Crippen LogP contribution in [0.5, 0.6) is 0 Å². The fourth-order valence-electron chi connectivity index (χ4n) is 0.957. The molecule has 1 aromatic heterocycles. The lowest BCUT2D eigenvalue weighted by atomic mass is 10.3. The second-order valence-electron chi connectivity index (χ2n) is 2.76. The maximum absolute atomic E-state index is 4.29. The van der Waals surface area contributed by atoms with Gasteiger partial charge in [-0.3, -0.25) is 4.98 Å². The van der Waals surface area contributed by atoms with E-state index in [0.29, 0.717) is 0 Å². The molecular formula is C9H12Br2N2. The first kappa shape index (κ1) is 11.1. The van der Waals surface area contributed by atoms with Crippen LogP contribution in [-0.4, -0.2) is 11.5 Å². The van der Waals surface area contributed by atoms with E-state index >= 15 is 0 Å². The maximum Gasteiger partial charge on any atom is 0.0684 e. The highest BCUT2D eigenvalue weighted by Gasteiger charge is 2.00. The predicted molar refractivity (Wildman–Crippen MR) is 61.6 cm³/mol. The van der Waals surface area contributed by atoms with Gasteiger partial charge in [0.15, 0.2) is 0 Å². The summed E-state index contributed by atoms with van der Waals surface area (Å²) in [4.78, 5) is 4.29. The molecule has 0 aliphatic carbocycles. The smallest absolute Gasteiger partial charge is 0.0684 e. The first-order chi connectivity index (χ1) is 6.24. The van der Waals surface area contributed by atoms with Crippen LogP contribution in [0, 0.1) is 0 Å². The van der Waals surface area contributed by atoms with Gasteiger partial charge >= 0.3 is 0 Å². The average Bonchev–Trinajstić information content (AvgIpc) is 2.09. The van der Waals surface area contributed by atoms with Gasteiger partial charge in [-0.1, -0.05) is 6.92 Å². The molecular weight excluding hydrogens is 296 g/mol. The fraction of sp³-hybridized carbons (Fsp3) is 0.444. The second-order valence-corrected chi connectivity index (χ2v) is 4.53. The topological polar surface area (TPSA) is 24.9 Å². The summed E-state index contributed by atoms with van der Waals surface area (Å²) in [5.41, 5.74) is 1.05. The van der Waals surface area contributed by atoms with E-state index in [0.717, 1.165) is 34.1 Å². The molecule has 2 nitrogen and oxygen atoms in total. The van der Waals surface area contributed by atoms with E-state index < -0.39 is 0 Å². The number of hydrogen-bond donors (Lipinski definition) is 1. The SMILES string of the molecule is CCCNCc1ncc(Br)cc1Br. The molecule has 0 aliphatic rings. The van der Waals surface area contributed by atoms with Crippen LogP contribution in [0.1, 0.15) is 19.0 Å². The molecule has 0 unspecified atom stereocenters. The molecule has 0 bridgehead atoms. The van der Waals surface area contributed by atoms with Gasteiger partial charge in [-0.05, 0) is 50.9 Å². The van der Waals surface area contributed by atoms with Gasteiger partial charge in [0.25, 0.3) is 0 Å². The molecule has 0 spiro atoms. The Bertz CT molecular complexity index is 276. The standard InChI is InChI=1S/C9H12Br2N2/c1-2-3-12-6-9-8(11)4-7(10)5-13-9/h4-5,12H,2-3,6H2,1H3. The van der Waals surface area contributed by atoms with E-state index in [-0.39, 0.29) is 0 Å². The predicted octanol–water partition coefficient (Wildman–Crippen LogP) is 3.11. The highest BCUT2D eigenvalue weighted by molar-refractivity contribution is 9.11. The second kappa shape index (κ2) is 5.73. The van der Waals surface area contributed by atoms with Crippen molar-refractivity contribution in [2.75, 3.05) is 6.54 Å². The summed E-state index contributed by atoms with van der Waals surface area (Å²) in [6, 6.07) is 2.01. The van der Waals surface area contributed by atoms with Crippen molar-refractivity contribution < 1.29 is 0 Å². The number of nitrogens with one attached hydrogen (secondary N) is 1. The summed E-state index contributed by atoms with van der Waals surface area (Å²) < 4.78 is 2.05. The molecule has 0 aliphatic heterocycles. The molecule has 0 saturated heterocycles. The Morgan fingerprint density at radius 2 is 2.23 bits per heavy atom. The molecule has 0 aromatic carbocycles. The largest absolute Gasteiger partial charge is 0.311 e. The Kier molecular flexibility index (Phi) is 4.91. The number of halogens is 2. The van der Waals surface area contributed by atoms with Gasteiger partial charge in [0, 0.05) is 21.7 Å². The Balaban J connectivity index is 2.56. The van der Waals surface area contributed by atoms with E-state index in [2.05, 4.69) is 49.1 Å². The van der Waals surface area contributed by atoms with Gasteiger partial charge in [-0.15, -0.1) is 0 Å². The van der Waals surface area contributed by atoms with Crippen LogP contribution in [0.3, 0.4) is 0 Å². The van der Waals surface area contributed by atoms with Crippen molar-refractivity contribution in [3.8, 4) is 0 Å². The van der Waals surface area contributed by atoms with Gasteiger partial charge in [0.1, 0.15) is 0 Å². The maximum atomic E-state index is 4.29. The van der Waals surface area contributed by atoms with Crippen LogP contribution in [0.2, 0.25) is 0 Å². The number of pyridine rings is 1. The molecule has 1 N–H and O–H groups in total. The molecule has 4 heteroatoms. The minimum absolute atomic E-state index is 0.821. The number of nitrogens with zero attached hydrogens (tertiary/aromatic N) is 1. The summed E-state index contributed by atoms with van der Waals surface area (Å²) >= 11 is 6.83. The van der Waals surface area contributed by atoms with Crippen molar-refractivity contribution in [3.05, 3.63) is 26.9 Å². The van der Waals surface area contributed by atoms with Crippen molar-refractivity contribution in [3.63, 3.8) is 0 Å². The van der Waals surface area contributed by atoms with Gasteiger partial charge < -0.3 is 5.32 Å². The lowest BCUT2D eigenvalue weighted by Crippen LogP contribution is -2.15. The summed E-state index contributed by atoms with van der Waals surface area (Å²) in [5, 5.41) is 3.30. The molecule has 0 saturated carbocycles. The minimum atomic E-state index is 0.821. The first-order valence-corrected chi connectivity index (χ1v) is 5.83. The van der Waals surface area contributed by atoms with Gasteiger partial charge in [0.05, 0.1) is 5.69 Å². The van der Waals surface area contributed by atoms with Crippen LogP contribution in [0.4, 0.5) is 0 Å². The van der Waals surface area contributed by atoms with Crippen LogP contribution >= 0.6 is 31.9 Å². The Morgan fingerprint density at radius 3 is 2.85 bits per heavy atom. The fourth-order valence-corrected chi connectivity index (χ4v) is 2.08. The molecule has 72 valence electrons. The van der Waals surface area contributed by atoms with Gasteiger partial charge in [-0.25, -0.2) is 0 Å². The van der Waals surface area contributed by atoms with Crippen molar-refractivity contribution in [1.29, 1.82) is 0 Å². The highest BCUT2D eigenvalue weighted by Crippen LogP contribution is 2.19. The minimum Gasteiger partial charge on any atom is -0.311 e. The van der Waals surface area contributed by atoms with Gasteiger partial charge in [0.2, 0.25) is 0 Å². The van der Waals surface area contributed by atoms with Gasteiger partial charge in [-0.2, -0.15) is 0 Å². The molecule has 0 fully saturated rings. The molecule has 13 heavy (non-hydrogen) atoms. The summed E-state index contributed by atoms with van der Waals surface area (Å²) in [7, 11) is 0. The van der Waals surface area contributed by atoms with Crippen molar-refractivity contribution in [2.45, 2.75) is 19.9 Å². The summed E-state index contributed by atoms with van der Waals surface area (Å²) in [6.45, 7) is 4.00. The molecule has 1 rings (SSSR count). The zero-order valence-electron chi connectivity index (χ0n) is 7.48. The van der Waals surface area contributed by atoms with Crippen molar-refractivity contribution >= 4 is 31.9 Å². The molecule has 1 heterocycles. The lowest BCUT2D eigenvalue weighted by molar-refractivity contribution is 0.662.